The number of urea groups is 1. The minimum Gasteiger partial charge on any atom is -0.352 e. The fourth-order valence-corrected chi connectivity index (χ4v) is 3.57. The van der Waals surface area contributed by atoms with Gasteiger partial charge in [-0.05, 0) is 30.2 Å². The van der Waals surface area contributed by atoms with Gasteiger partial charge in [-0.25, -0.2) is 4.79 Å². The van der Waals surface area contributed by atoms with Gasteiger partial charge in [0.25, 0.3) is 0 Å². The average molecular weight is 267 g/mol. The van der Waals surface area contributed by atoms with Gasteiger partial charge in [0.15, 0.2) is 0 Å². The second kappa shape index (κ2) is 6.75. The highest BCUT2D eigenvalue weighted by molar-refractivity contribution is 7.10. The monoisotopic (exact) mass is 267 g/mol. The van der Waals surface area contributed by atoms with E-state index in [2.05, 4.69) is 28.1 Å². The van der Waals surface area contributed by atoms with E-state index in [-0.39, 0.29) is 0 Å². The minimum atomic E-state index is -0.453. The first-order valence-electron chi connectivity index (χ1n) is 6.57. The zero-order valence-electron chi connectivity index (χ0n) is 10.5. The lowest BCUT2D eigenvalue weighted by atomic mass is 9.97. The predicted molar refractivity (Wildman–Crippen MR) is 74.6 cm³/mol. The molecular weight excluding hydrogens is 246 g/mol. The van der Waals surface area contributed by atoms with E-state index in [0.717, 1.165) is 12.5 Å². The van der Waals surface area contributed by atoms with Crippen molar-refractivity contribution in [1.29, 1.82) is 0 Å². The number of hydrogen-bond acceptors (Lipinski definition) is 3. The van der Waals surface area contributed by atoms with E-state index in [9.17, 15) is 4.79 Å². The Balaban J connectivity index is 1.86. The number of nitrogens with two attached hydrogens (primary N) is 1. The molecule has 4 nitrogen and oxygen atoms in total. The molecule has 1 fully saturated rings. The summed E-state index contributed by atoms with van der Waals surface area (Å²) in [6, 6.07) is 4.28. The molecule has 100 valence electrons. The van der Waals surface area contributed by atoms with Gasteiger partial charge in [0.05, 0.1) is 0 Å². The van der Waals surface area contributed by atoms with Crippen LogP contribution in [0.1, 0.15) is 36.6 Å². The van der Waals surface area contributed by atoms with Gasteiger partial charge in [0.1, 0.15) is 0 Å². The standard InChI is InChI=1S/C13H21N3OS/c14-13(17)16-8-7-15-12(10-4-1-2-5-10)11-6-3-9-18-11/h3,6,9-10,12,15H,1-2,4-5,7-8H2,(H3,14,16,17). The lowest BCUT2D eigenvalue weighted by molar-refractivity contribution is 0.248. The molecule has 0 radical (unpaired) electrons. The van der Waals surface area contributed by atoms with Crippen molar-refractivity contribution < 1.29 is 4.79 Å². The molecular formula is C13H21N3OS. The smallest absolute Gasteiger partial charge is 0.312 e. The molecule has 1 heterocycles. The van der Waals surface area contributed by atoms with Crippen LogP contribution >= 0.6 is 11.3 Å². The van der Waals surface area contributed by atoms with Gasteiger partial charge in [0.2, 0.25) is 0 Å². The molecule has 0 saturated heterocycles. The van der Waals surface area contributed by atoms with Crippen molar-refractivity contribution in [3.63, 3.8) is 0 Å². The third-order valence-electron chi connectivity index (χ3n) is 3.51. The molecule has 1 saturated carbocycles. The summed E-state index contributed by atoms with van der Waals surface area (Å²) in [6.07, 6.45) is 5.29. The molecule has 2 rings (SSSR count). The second-order valence-electron chi connectivity index (χ2n) is 4.78. The maximum Gasteiger partial charge on any atom is 0.312 e. The van der Waals surface area contributed by atoms with E-state index in [0.29, 0.717) is 12.6 Å². The van der Waals surface area contributed by atoms with Gasteiger partial charge in [-0.1, -0.05) is 18.9 Å². The number of carbonyl (C=O) groups excluding carboxylic acids is 1. The summed E-state index contributed by atoms with van der Waals surface area (Å²) >= 11 is 1.81. The van der Waals surface area contributed by atoms with Crippen molar-refractivity contribution in [2.75, 3.05) is 13.1 Å². The third-order valence-corrected chi connectivity index (χ3v) is 4.46. The second-order valence-corrected chi connectivity index (χ2v) is 5.76. The predicted octanol–water partition coefficient (Wildman–Crippen LogP) is 2.24. The Morgan fingerprint density at radius 3 is 2.83 bits per heavy atom. The first-order chi connectivity index (χ1) is 8.77. The molecule has 1 aromatic rings. The molecule has 0 spiro atoms. The van der Waals surface area contributed by atoms with Crippen molar-refractivity contribution in [1.82, 2.24) is 10.6 Å². The van der Waals surface area contributed by atoms with Gasteiger partial charge in [-0.15, -0.1) is 11.3 Å². The van der Waals surface area contributed by atoms with E-state index in [1.54, 1.807) is 0 Å². The highest BCUT2D eigenvalue weighted by Crippen LogP contribution is 2.37. The van der Waals surface area contributed by atoms with E-state index in [4.69, 9.17) is 5.73 Å². The first kappa shape index (κ1) is 13.4. The average Bonchev–Trinajstić information content (AvgIpc) is 3.01. The fraction of sp³-hybridized carbons (Fsp3) is 0.615. The number of primary amides is 1. The topological polar surface area (TPSA) is 67.2 Å². The van der Waals surface area contributed by atoms with Crippen LogP contribution < -0.4 is 16.4 Å². The molecule has 1 aliphatic carbocycles. The Morgan fingerprint density at radius 2 is 2.22 bits per heavy atom. The fourth-order valence-electron chi connectivity index (χ4n) is 2.67. The van der Waals surface area contributed by atoms with Crippen LogP contribution in [0.25, 0.3) is 0 Å². The van der Waals surface area contributed by atoms with Crippen LogP contribution in [0.3, 0.4) is 0 Å². The highest BCUT2D eigenvalue weighted by atomic mass is 32.1. The van der Waals surface area contributed by atoms with Crippen LogP contribution in [0.4, 0.5) is 4.79 Å². The van der Waals surface area contributed by atoms with Gasteiger partial charge < -0.3 is 16.4 Å². The summed E-state index contributed by atoms with van der Waals surface area (Å²) in [5.74, 6) is 0.734. The first-order valence-corrected chi connectivity index (χ1v) is 7.45. The van der Waals surface area contributed by atoms with Crippen LogP contribution in [-0.2, 0) is 0 Å². The number of thiophene rings is 1. The Bertz CT molecular complexity index is 360. The Labute approximate surface area is 112 Å². The van der Waals surface area contributed by atoms with Crippen LogP contribution in [0.2, 0.25) is 0 Å². The maximum atomic E-state index is 10.6. The molecule has 1 unspecified atom stereocenters. The summed E-state index contributed by atoms with van der Waals surface area (Å²) < 4.78 is 0. The van der Waals surface area contributed by atoms with E-state index in [1.807, 2.05) is 11.3 Å². The molecule has 2 amide bonds. The molecule has 18 heavy (non-hydrogen) atoms. The molecule has 1 atom stereocenters. The molecule has 1 aliphatic rings. The van der Waals surface area contributed by atoms with Crippen LogP contribution in [-0.4, -0.2) is 19.1 Å². The Kier molecular flexibility index (Phi) is 5.01. The van der Waals surface area contributed by atoms with E-state index in [1.165, 1.54) is 30.6 Å². The van der Waals surface area contributed by atoms with Gasteiger partial charge >= 0.3 is 6.03 Å². The van der Waals surface area contributed by atoms with Crippen LogP contribution in [0.15, 0.2) is 17.5 Å². The molecule has 4 N–H and O–H groups in total. The minimum absolute atomic E-state index is 0.433. The molecule has 0 bridgehead atoms. The zero-order valence-corrected chi connectivity index (χ0v) is 11.3. The summed E-state index contributed by atoms with van der Waals surface area (Å²) in [5.41, 5.74) is 5.05. The van der Waals surface area contributed by atoms with Crippen molar-refractivity contribution in [2.45, 2.75) is 31.7 Å². The normalized spacial score (nSPS) is 17.8. The lowest BCUT2D eigenvalue weighted by Gasteiger charge is -2.23. The number of nitrogens with one attached hydrogen (secondary N) is 2. The van der Waals surface area contributed by atoms with Crippen molar-refractivity contribution in [2.24, 2.45) is 11.7 Å². The SMILES string of the molecule is NC(=O)NCCNC(c1cccs1)C1CCCC1. The van der Waals surface area contributed by atoms with E-state index >= 15 is 0 Å². The maximum absolute atomic E-state index is 10.6. The van der Waals surface area contributed by atoms with Gasteiger partial charge in [-0.3, -0.25) is 0 Å². The number of amides is 2. The lowest BCUT2D eigenvalue weighted by Crippen LogP contribution is -2.37. The van der Waals surface area contributed by atoms with Crippen LogP contribution in [0.5, 0.6) is 0 Å². The molecule has 1 aromatic heterocycles. The number of rotatable bonds is 6. The highest BCUT2D eigenvalue weighted by Gasteiger charge is 2.26. The Morgan fingerprint density at radius 1 is 1.44 bits per heavy atom. The van der Waals surface area contributed by atoms with Gasteiger partial charge in [-0.2, -0.15) is 0 Å². The summed E-state index contributed by atoms with van der Waals surface area (Å²) in [5, 5.41) is 8.30. The summed E-state index contributed by atoms with van der Waals surface area (Å²) in [6.45, 7) is 1.35. The third kappa shape index (κ3) is 3.71. The van der Waals surface area contributed by atoms with E-state index < -0.39 is 6.03 Å². The van der Waals surface area contributed by atoms with Crippen molar-refractivity contribution in [3.8, 4) is 0 Å². The largest absolute Gasteiger partial charge is 0.352 e. The van der Waals surface area contributed by atoms with Crippen LogP contribution in [0, 0.1) is 5.92 Å². The van der Waals surface area contributed by atoms with Gasteiger partial charge in [0, 0.05) is 24.0 Å². The summed E-state index contributed by atoms with van der Waals surface area (Å²) in [7, 11) is 0. The molecule has 0 aromatic carbocycles. The number of carbonyl (C=O) groups is 1. The Hall–Kier alpha value is -1.07. The zero-order chi connectivity index (χ0) is 12.8. The van der Waals surface area contributed by atoms with Crippen molar-refractivity contribution >= 4 is 17.4 Å². The number of hydrogen-bond donors (Lipinski definition) is 3. The molecule has 0 aliphatic heterocycles. The quantitative estimate of drug-likeness (QED) is 0.692. The summed E-state index contributed by atoms with van der Waals surface area (Å²) in [4.78, 5) is 12.0. The van der Waals surface area contributed by atoms with Crippen molar-refractivity contribution in [3.05, 3.63) is 22.4 Å². The molecule has 5 heteroatoms.